The van der Waals surface area contributed by atoms with Crippen LogP contribution in [0.3, 0.4) is 0 Å². The number of unbranched alkanes of at least 4 members (excludes halogenated alkanes) is 2. The zero-order valence-corrected chi connectivity index (χ0v) is 40.1. The van der Waals surface area contributed by atoms with Crippen molar-refractivity contribution in [3.8, 4) is 28.4 Å². The molecule has 1 amide bonds. The normalized spacial score (nSPS) is 24.3. The van der Waals surface area contributed by atoms with Crippen LogP contribution in [0.15, 0.2) is 133 Å². The number of ether oxygens (including phenoxy) is 6. The lowest BCUT2D eigenvalue weighted by molar-refractivity contribution is -0.255. The Labute approximate surface area is 407 Å². The van der Waals surface area contributed by atoms with Crippen LogP contribution in [0.4, 0.5) is 4.79 Å². The molecule has 69 heavy (non-hydrogen) atoms. The van der Waals surface area contributed by atoms with Gasteiger partial charge >= 0.3 is 6.09 Å². The quantitative estimate of drug-likeness (QED) is 0.0397. The van der Waals surface area contributed by atoms with Crippen molar-refractivity contribution in [2.45, 2.75) is 108 Å². The first-order chi connectivity index (χ1) is 34.0. The highest BCUT2D eigenvalue weighted by atomic mass is 16.8. The molecule has 1 saturated heterocycles. The van der Waals surface area contributed by atoms with Crippen molar-refractivity contribution in [2.75, 3.05) is 46.2 Å². The number of fused-ring (bicyclic) bond motifs is 2. The van der Waals surface area contributed by atoms with E-state index in [-0.39, 0.29) is 57.2 Å². The van der Waals surface area contributed by atoms with E-state index in [1.54, 1.807) is 11.0 Å². The number of rotatable bonds is 24. The molecule has 2 N–H and O–H groups in total. The molecule has 2 heterocycles. The first-order valence-electron chi connectivity index (χ1n) is 25.2. The number of aliphatic hydroxyl groups excluding tert-OH is 2. The summed E-state index contributed by atoms with van der Waals surface area (Å²) in [6, 6.07) is 33.6. The summed E-state index contributed by atoms with van der Waals surface area (Å²) in [6.45, 7) is 8.12. The predicted octanol–water partition coefficient (Wildman–Crippen LogP) is 11.4. The van der Waals surface area contributed by atoms with Gasteiger partial charge in [-0.25, -0.2) is 4.79 Å². The lowest BCUT2D eigenvalue weighted by atomic mass is 9.55. The van der Waals surface area contributed by atoms with E-state index in [1.165, 1.54) is 0 Å². The van der Waals surface area contributed by atoms with E-state index in [0.29, 0.717) is 62.0 Å². The number of oxime groups is 1. The number of carbonyl (C=O) groups is 1. The second kappa shape index (κ2) is 24.9. The molecule has 2 aliphatic heterocycles. The Hall–Kier alpha value is -5.50. The van der Waals surface area contributed by atoms with Gasteiger partial charge in [0.1, 0.15) is 29.9 Å². The van der Waals surface area contributed by atoms with Gasteiger partial charge in [-0.3, -0.25) is 4.90 Å². The second-order valence-corrected chi connectivity index (χ2v) is 18.5. The molecule has 4 aromatic carbocycles. The maximum absolute atomic E-state index is 14.7. The third-order valence-corrected chi connectivity index (χ3v) is 13.9. The molecule has 2 aliphatic carbocycles. The zero-order valence-electron chi connectivity index (χ0n) is 40.1. The molecule has 2 fully saturated rings. The third kappa shape index (κ3) is 12.1. The molecule has 4 aliphatic rings. The molecule has 7 atom stereocenters. The van der Waals surface area contributed by atoms with Crippen molar-refractivity contribution in [1.82, 2.24) is 4.90 Å². The highest BCUT2D eigenvalue weighted by Gasteiger charge is 2.65. The Bertz CT molecular complexity index is 2300. The van der Waals surface area contributed by atoms with Gasteiger partial charge in [0.2, 0.25) is 12.1 Å². The summed E-state index contributed by atoms with van der Waals surface area (Å²) in [7, 11) is 0. The Morgan fingerprint density at radius 3 is 2.35 bits per heavy atom. The van der Waals surface area contributed by atoms with Crippen LogP contribution in [-0.2, 0) is 30.4 Å². The Kier molecular flexibility index (Phi) is 18.0. The molecule has 0 bridgehead atoms. The third-order valence-electron chi connectivity index (χ3n) is 13.9. The molecule has 12 nitrogen and oxygen atoms in total. The van der Waals surface area contributed by atoms with Crippen molar-refractivity contribution in [2.24, 2.45) is 22.9 Å². The first kappa shape index (κ1) is 49.9. The highest BCUT2D eigenvalue weighted by Crippen LogP contribution is 2.62. The monoisotopic (exact) mass is 943 g/mol. The molecule has 7 unspecified atom stereocenters. The molecule has 0 radical (unpaired) electrons. The molecule has 0 aromatic heterocycles. The predicted molar refractivity (Wildman–Crippen MR) is 266 cm³/mol. The second-order valence-electron chi connectivity index (χ2n) is 18.5. The largest absolute Gasteiger partial charge is 0.459 e. The number of benzene rings is 4. The summed E-state index contributed by atoms with van der Waals surface area (Å²) >= 11 is 0. The van der Waals surface area contributed by atoms with Crippen molar-refractivity contribution in [3.63, 3.8) is 0 Å². The van der Waals surface area contributed by atoms with Gasteiger partial charge in [0.05, 0.1) is 38.1 Å². The maximum atomic E-state index is 14.7. The molecule has 0 spiro atoms. The summed E-state index contributed by atoms with van der Waals surface area (Å²) in [5.41, 5.74) is 5.90. The standard InChI is InChI=1S/C57H70N2O10/c1-3-30-59(56(62)65-36-35-63-40-41-17-7-5-8-18-41)52-39-50(58-69-53-23-13-16-34-64-53)48-37-44(21-11-14-31-60)47(22-12-15-32-61)54-49-38-46(28-29-51(49)68-57(52,55(48)54)66-33-4-2)67-45-26-24-43(25-27-45)42-19-9-6-10-20-42/h4-10,17-20,24-29,37-38,44,47,52-55,60-61H,2-3,11-16,21-23,30-36,39-40H2,1H3. The van der Waals surface area contributed by atoms with Gasteiger partial charge in [0.25, 0.3) is 0 Å². The van der Waals surface area contributed by atoms with Gasteiger partial charge in [0.15, 0.2) is 0 Å². The van der Waals surface area contributed by atoms with E-state index in [4.69, 9.17) is 38.4 Å². The minimum atomic E-state index is -1.42. The fourth-order valence-electron chi connectivity index (χ4n) is 10.8. The van der Waals surface area contributed by atoms with Crippen molar-refractivity contribution >= 4 is 11.8 Å². The highest BCUT2D eigenvalue weighted by molar-refractivity contribution is 6.03. The van der Waals surface area contributed by atoms with Crippen LogP contribution in [-0.4, -0.2) is 91.2 Å². The Morgan fingerprint density at radius 2 is 1.62 bits per heavy atom. The molecule has 8 rings (SSSR count). The molecule has 12 heteroatoms. The van der Waals surface area contributed by atoms with E-state index in [0.717, 1.165) is 72.8 Å². The number of nitrogens with zero attached hydrogens (tertiary/aromatic N) is 2. The van der Waals surface area contributed by atoms with E-state index >= 15 is 0 Å². The Morgan fingerprint density at radius 1 is 0.884 bits per heavy atom. The molecular formula is C57H70N2O10. The zero-order chi connectivity index (χ0) is 47.8. The molecular weight excluding hydrogens is 873 g/mol. The fourth-order valence-corrected chi connectivity index (χ4v) is 10.8. The van der Waals surface area contributed by atoms with Crippen LogP contribution >= 0.6 is 0 Å². The summed E-state index contributed by atoms with van der Waals surface area (Å²) in [4.78, 5) is 22.7. The number of hydrogen-bond donors (Lipinski definition) is 2. The van der Waals surface area contributed by atoms with E-state index in [2.05, 4.69) is 43.0 Å². The van der Waals surface area contributed by atoms with Gasteiger partial charge in [-0.15, -0.1) is 6.58 Å². The fraction of sp³-hybridized carbons (Fsp3) is 0.474. The molecule has 4 aromatic rings. The average molecular weight is 943 g/mol. The van der Waals surface area contributed by atoms with Gasteiger partial charge in [-0.2, -0.15) is 0 Å². The van der Waals surface area contributed by atoms with Crippen molar-refractivity contribution < 1.29 is 48.3 Å². The number of hydrogen-bond acceptors (Lipinski definition) is 11. The smallest absolute Gasteiger partial charge is 0.410 e. The summed E-state index contributed by atoms with van der Waals surface area (Å²) < 4.78 is 39.2. The number of amides is 1. The van der Waals surface area contributed by atoms with Gasteiger partial charge in [-0.05, 0) is 109 Å². The number of allylic oxidation sites excluding steroid dienone is 1. The summed E-state index contributed by atoms with van der Waals surface area (Å²) in [5, 5.41) is 25.1. The van der Waals surface area contributed by atoms with Crippen LogP contribution in [0.25, 0.3) is 11.1 Å². The molecule has 368 valence electrons. The first-order valence-corrected chi connectivity index (χ1v) is 25.2. The van der Waals surface area contributed by atoms with Crippen LogP contribution in [0.5, 0.6) is 17.2 Å². The SMILES string of the molecule is C=CCOC12Oc3ccc(Oc4ccc(-c5ccccc5)cc4)cc3C3C(CCCCO)C(CCCCO)C=C(C(=NOC4CCCCO4)CC1N(CCC)C(=O)OCCOCc1ccccc1)C32. The number of aliphatic hydroxyl groups is 2. The van der Waals surface area contributed by atoms with Crippen molar-refractivity contribution in [1.29, 1.82) is 0 Å². The van der Waals surface area contributed by atoms with Gasteiger partial charge in [0, 0.05) is 44.1 Å². The maximum Gasteiger partial charge on any atom is 0.410 e. The Balaban J connectivity index is 1.22. The van der Waals surface area contributed by atoms with E-state index in [1.807, 2.05) is 79.7 Å². The van der Waals surface area contributed by atoms with Crippen LogP contribution in [0.1, 0.15) is 94.6 Å². The average Bonchev–Trinajstić information content (AvgIpc) is 3.39. The minimum Gasteiger partial charge on any atom is -0.459 e. The summed E-state index contributed by atoms with van der Waals surface area (Å²) in [6.07, 6.45) is 11.3. The van der Waals surface area contributed by atoms with Crippen LogP contribution < -0.4 is 9.47 Å². The van der Waals surface area contributed by atoms with E-state index < -0.39 is 30.1 Å². The summed E-state index contributed by atoms with van der Waals surface area (Å²) in [5.74, 6) is 0.0194. The topological polar surface area (TPSA) is 138 Å². The van der Waals surface area contributed by atoms with E-state index in [9.17, 15) is 15.0 Å². The van der Waals surface area contributed by atoms with Gasteiger partial charge in [-0.1, -0.05) is 110 Å². The lowest BCUT2D eigenvalue weighted by Gasteiger charge is -2.60. The van der Waals surface area contributed by atoms with Crippen molar-refractivity contribution in [3.05, 3.63) is 139 Å². The van der Waals surface area contributed by atoms with Crippen LogP contribution in [0, 0.1) is 17.8 Å². The minimum absolute atomic E-state index is 0.0506. The lowest BCUT2D eigenvalue weighted by Crippen LogP contribution is -2.70. The molecule has 1 saturated carbocycles. The van der Waals surface area contributed by atoms with Crippen LogP contribution in [0.2, 0.25) is 0 Å². The van der Waals surface area contributed by atoms with Gasteiger partial charge < -0.3 is 43.5 Å². The number of carbonyl (C=O) groups excluding carboxylic acids is 1.